The largest absolute Gasteiger partial charge is 0.379 e. The van der Waals surface area contributed by atoms with Crippen molar-refractivity contribution >= 4 is 33.4 Å². The Bertz CT molecular complexity index is 501. The van der Waals surface area contributed by atoms with Crippen LogP contribution >= 0.6 is 27.7 Å². The van der Waals surface area contributed by atoms with E-state index >= 15 is 0 Å². The first kappa shape index (κ1) is 14.7. The predicted molar refractivity (Wildman–Crippen MR) is 82.0 cm³/mol. The van der Waals surface area contributed by atoms with Crippen LogP contribution < -0.4 is 5.32 Å². The van der Waals surface area contributed by atoms with Gasteiger partial charge < -0.3 is 5.32 Å². The fourth-order valence-electron chi connectivity index (χ4n) is 2.49. The second-order valence-electron chi connectivity index (χ2n) is 4.71. The number of nitrogens with zero attached hydrogens (tertiary/aromatic N) is 1. The van der Waals surface area contributed by atoms with Crippen LogP contribution in [0.1, 0.15) is 31.2 Å². The molecule has 1 aliphatic rings. The second-order valence-corrected chi connectivity index (χ2v) is 6.58. The summed E-state index contributed by atoms with van der Waals surface area (Å²) in [5, 5.41) is 12.7. The number of rotatable bonds is 3. The van der Waals surface area contributed by atoms with Crippen LogP contribution in [0.25, 0.3) is 0 Å². The van der Waals surface area contributed by atoms with Crippen LogP contribution in [0.3, 0.4) is 0 Å². The van der Waals surface area contributed by atoms with Crippen LogP contribution in [0.15, 0.2) is 16.6 Å². The van der Waals surface area contributed by atoms with E-state index in [0.717, 1.165) is 6.42 Å². The van der Waals surface area contributed by atoms with Crippen molar-refractivity contribution in [2.45, 2.75) is 37.0 Å². The normalized spacial score (nSPS) is 22.8. The molecule has 2 nitrogen and oxygen atoms in total. The van der Waals surface area contributed by atoms with Gasteiger partial charge in [0.1, 0.15) is 6.07 Å². The maximum Gasteiger partial charge on any atom is 0.161 e. The molecule has 1 fully saturated rings. The Morgan fingerprint density at radius 2 is 2.16 bits per heavy atom. The monoisotopic (exact) mass is 342 g/mol. The third-order valence-corrected chi connectivity index (χ3v) is 5.49. The van der Waals surface area contributed by atoms with Gasteiger partial charge in [-0.25, -0.2) is 4.39 Å². The molecule has 2 atom stereocenters. The zero-order valence-electron chi connectivity index (χ0n) is 10.7. The fraction of sp³-hybridized carbons (Fsp3) is 0.500. The summed E-state index contributed by atoms with van der Waals surface area (Å²) in [6.07, 6.45) is 6.80. The van der Waals surface area contributed by atoms with Crippen LogP contribution in [-0.4, -0.2) is 17.5 Å². The first-order valence-electron chi connectivity index (χ1n) is 6.34. The molecule has 0 radical (unpaired) electrons. The Hall–Kier alpha value is -0.730. The molecule has 19 heavy (non-hydrogen) atoms. The van der Waals surface area contributed by atoms with E-state index in [2.05, 4.69) is 27.5 Å². The molecule has 1 saturated carbocycles. The van der Waals surface area contributed by atoms with Gasteiger partial charge in [-0.3, -0.25) is 0 Å². The second kappa shape index (κ2) is 6.62. The molecule has 2 rings (SSSR count). The minimum absolute atomic E-state index is 0.247. The van der Waals surface area contributed by atoms with E-state index in [4.69, 9.17) is 5.26 Å². The molecule has 1 aromatic carbocycles. The first-order valence-corrected chi connectivity index (χ1v) is 8.43. The summed E-state index contributed by atoms with van der Waals surface area (Å²) < 4.78 is 14.4. The molecule has 5 heteroatoms. The van der Waals surface area contributed by atoms with E-state index in [1.807, 2.05) is 17.8 Å². The zero-order valence-corrected chi connectivity index (χ0v) is 13.2. The van der Waals surface area contributed by atoms with Crippen molar-refractivity contribution in [3.8, 4) is 6.07 Å². The minimum atomic E-state index is -0.371. The Morgan fingerprint density at radius 1 is 1.42 bits per heavy atom. The number of thioether (sulfide) groups is 1. The summed E-state index contributed by atoms with van der Waals surface area (Å²) in [7, 11) is 0. The van der Waals surface area contributed by atoms with Crippen molar-refractivity contribution in [1.82, 2.24) is 0 Å². The van der Waals surface area contributed by atoms with Crippen LogP contribution in [-0.2, 0) is 0 Å². The average Bonchev–Trinajstić information content (AvgIpc) is 2.45. The van der Waals surface area contributed by atoms with Gasteiger partial charge in [0.25, 0.3) is 0 Å². The summed E-state index contributed by atoms with van der Waals surface area (Å²) in [5.41, 5.74) is 0.810. The quantitative estimate of drug-likeness (QED) is 0.875. The summed E-state index contributed by atoms with van der Waals surface area (Å²) in [6.45, 7) is 0. The molecule has 2 unspecified atom stereocenters. The van der Waals surface area contributed by atoms with Gasteiger partial charge in [-0.2, -0.15) is 17.0 Å². The van der Waals surface area contributed by atoms with Crippen LogP contribution in [0.5, 0.6) is 0 Å². The Kier molecular flexibility index (Phi) is 5.12. The van der Waals surface area contributed by atoms with Crippen molar-refractivity contribution in [1.29, 1.82) is 5.26 Å². The van der Waals surface area contributed by atoms with Gasteiger partial charge in [-0.05, 0) is 47.2 Å². The number of anilines is 1. The van der Waals surface area contributed by atoms with E-state index in [9.17, 15) is 4.39 Å². The van der Waals surface area contributed by atoms with Crippen LogP contribution in [0.2, 0.25) is 0 Å². The zero-order chi connectivity index (χ0) is 13.8. The molecule has 0 saturated heterocycles. The molecular weight excluding hydrogens is 327 g/mol. The molecule has 0 spiro atoms. The molecule has 0 amide bonds. The van der Waals surface area contributed by atoms with Gasteiger partial charge in [0, 0.05) is 11.3 Å². The molecule has 1 aromatic rings. The number of hydrogen-bond donors (Lipinski definition) is 1. The minimum Gasteiger partial charge on any atom is -0.379 e. The lowest BCUT2D eigenvalue weighted by Gasteiger charge is -2.32. The van der Waals surface area contributed by atoms with Gasteiger partial charge in [0.05, 0.1) is 15.7 Å². The van der Waals surface area contributed by atoms with Gasteiger partial charge >= 0.3 is 0 Å². The Labute approximate surface area is 125 Å². The predicted octanol–water partition coefficient (Wildman–Crippen LogP) is 4.55. The molecule has 0 aliphatic heterocycles. The smallest absolute Gasteiger partial charge is 0.161 e. The lowest BCUT2D eigenvalue weighted by atomic mass is 9.94. The average molecular weight is 343 g/mol. The van der Waals surface area contributed by atoms with Crippen molar-refractivity contribution in [2.75, 3.05) is 11.6 Å². The highest BCUT2D eigenvalue weighted by Crippen LogP contribution is 2.32. The Morgan fingerprint density at radius 3 is 2.84 bits per heavy atom. The Balaban J connectivity index is 2.19. The summed E-state index contributed by atoms with van der Waals surface area (Å²) >= 11 is 4.99. The fourth-order valence-corrected chi connectivity index (χ4v) is 3.86. The highest BCUT2D eigenvalue weighted by molar-refractivity contribution is 9.10. The number of nitrogens with one attached hydrogen (secondary N) is 1. The standard InChI is InChI=1S/C14H16BrFN2S/c1-19-12-5-3-2-4-10(12)18-11-7-6-9(8-17)13(15)14(11)16/h6-7,10,12,18H,2-5H2,1H3. The van der Waals surface area contributed by atoms with Crippen molar-refractivity contribution in [3.05, 3.63) is 28.0 Å². The number of hydrogen-bond acceptors (Lipinski definition) is 3. The van der Waals surface area contributed by atoms with Gasteiger partial charge in [0.2, 0.25) is 0 Å². The van der Waals surface area contributed by atoms with Gasteiger partial charge in [-0.1, -0.05) is 12.8 Å². The van der Waals surface area contributed by atoms with Crippen LogP contribution in [0.4, 0.5) is 10.1 Å². The molecule has 0 heterocycles. The first-order chi connectivity index (χ1) is 9.17. The highest BCUT2D eigenvalue weighted by Gasteiger charge is 2.25. The van der Waals surface area contributed by atoms with Crippen molar-refractivity contribution in [2.24, 2.45) is 0 Å². The maximum atomic E-state index is 14.2. The van der Waals surface area contributed by atoms with Gasteiger partial charge in [-0.15, -0.1) is 0 Å². The van der Waals surface area contributed by atoms with E-state index in [0.29, 0.717) is 22.5 Å². The molecule has 0 bridgehead atoms. The third-order valence-electron chi connectivity index (χ3n) is 3.55. The highest BCUT2D eigenvalue weighted by atomic mass is 79.9. The summed E-state index contributed by atoms with van der Waals surface area (Å²) in [5.74, 6) is -0.371. The number of halogens is 2. The van der Waals surface area contributed by atoms with Crippen molar-refractivity contribution in [3.63, 3.8) is 0 Å². The van der Waals surface area contributed by atoms with E-state index in [1.54, 1.807) is 12.1 Å². The molecule has 1 N–H and O–H groups in total. The van der Waals surface area contributed by atoms with Crippen LogP contribution in [0, 0.1) is 17.1 Å². The third kappa shape index (κ3) is 3.24. The van der Waals surface area contributed by atoms with E-state index < -0.39 is 0 Å². The SMILES string of the molecule is CSC1CCCCC1Nc1ccc(C#N)c(Br)c1F. The van der Waals surface area contributed by atoms with Gasteiger partial charge in [0.15, 0.2) is 5.82 Å². The maximum absolute atomic E-state index is 14.2. The van der Waals surface area contributed by atoms with Crippen molar-refractivity contribution < 1.29 is 4.39 Å². The molecule has 1 aliphatic carbocycles. The topological polar surface area (TPSA) is 35.8 Å². The summed E-state index contributed by atoms with van der Waals surface area (Å²) in [6, 6.07) is 5.57. The molecule has 0 aromatic heterocycles. The van der Waals surface area contributed by atoms with E-state index in [1.165, 1.54) is 19.3 Å². The lowest BCUT2D eigenvalue weighted by Crippen LogP contribution is -2.34. The molecule has 102 valence electrons. The molecular formula is C14H16BrFN2S. The number of benzene rings is 1. The summed E-state index contributed by atoms with van der Waals surface area (Å²) in [4.78, 5) is 0. The lowest BCUT2D eigenvalue weighted by molar-refractivity contribution is 0.472. The van der Waals surface area contributed by atoms with E-state index in [-0.39, 0.29) is 10.3 Å². The number of nitriles is 1.